The van der Waals surface area contributed by atoms with Crippen molar-refractivity contribution in [3.05, 3.63) is 49.9 Å². The number of nitrogens with one attached hydrogen (secondary N) is 1. The van der Waals surface area contributed by atoms with Crippen molar-refractivity contribution in [1.29, 1.82) is 0 Å². The summed E-state index contributed by atoms with van der Waals surface area (Å²) in [6.45, 7) is 3.99. The molecule has 1 atom stereocenters. The van der Waals surface area contributed by atoms with E-state index in [1.807, 2.05) is 13.8 Å². The first-order valence-electron chi connectivity index (χ1n) is 14.0. The van der Waals surface area contributed by atoms with Gasteiger partial charge in [-0.05, 0) is 49.8 Å². The number of fused-ring (bicyclic) bond motifs is 1. The van der Waals surface area contributed by atoms with Gasteiger partial charge in [-0.3, -0.25) is 4.79 Å². The smallest absolute Gasteiger partial charge is 0.294 e. The predicted molar refractivity (Wildman–Crippen MR) is 156 cm³/mol. The molecule has 4 rings (SSSR count). The fourth-order valence-electron chi connectivity index (χ4n) is 5.39. The van der Waals surface area contributed by atoms with Crippen LogP contribution in [0.2, 0.25) is 0 Å². The fraction of sp³-hybridized carbons (Fsp3) is 0.519. The minimum absolute atomic E-state index is 0.0280. The molecule has 3 heterocycles. The van der Waals surface area contributed by atoms with Gasteiger partial charge in [-0.2, -0.15) is 4.31 Å². The molecule has 1 aliphatic rings. The Balaban J connectivity index is 1.73. The summed E-state index contributed by atoms with van der Waals surface area (Å²) in [6.07, 6.45) is 2.76. The number of benzene rings is 1. The van der Waals surface area contributed by atoms with E-state index in [2.05, 4.69) is 15.0 Å². The number of hydrogen-bond acceptors (Lipinski definition) is 11. The van der Waals surface area contributed by atoms with Crippen LogP contribution in [-0.2, 0) is 28.3 Å². The van der Waals surface area contributed by atoms with Crippen LogP contribution in [-0.4, -0.2) is 81.3 Å². The van der Waals surface area contributed by atoms with Crippen LogP contribution in [0, 0.1) is 16.0 Å². The van der Waals surface area contributed by atoms with Crippen LogP contribution in [0.1, 0.15) is 50.8 Å². The highest BCUT2D eigenvalue weighted by molar-refractivity contribution is 7.89. The van der Waals surface area contributed by atoms with Gasteiger partial charge in [0.25, 0.3) is 10.6 Å². The van der Waals surface area contributed by atoms with E-state index in [-0.39, 0.29) is 35.2 Å². The molecular weight excluding hydrogens is 584 g/mol. The molecule has 1 aromatic carbocycles. The first-order chi connectivity index (χ1) is 20.5. The number of sulfonamides is 1. The number of oxime groups is 1. The van der Waals surface area contributed by atoms with E-state index in [1.54, 1.807) is 11.6 Å². The zero-order chi connectivity index (χ0) is 31.3. The van der Waals surface area contributed by atoms with Crippen molar-refractivity contribution >= 4 is 27.3 Å². The molecule has 0 saturated carbocycles. The largest absolute Gasteiger partial charge is 0.493 e. The van der Waals surface area contributed by atoms with Gasteiger partial charge in [0.2, 0.25) is 10.0 Å². The molecule has 234 valence electrons. The predicted octanol–water partition coefficient (Wildman–Crippen LogP) is 2.45. The van der Waals surface area contributed by atoms with Crippen molar-refractivity contribution in [3.8, 4) is 17.1 Å². The number of hydrogen-bond donors (Lipinski definition) is 3. The van der Waals surface area contributed by atoms with Gasteiger partial charge in [-0.1, -0.05) is 25.4 Å². The number of nitrogens with zero attached hydrogens (tertiary/aromatic N) is 5. The molecule has 2 aromatic heterocycles. The van der Waals surface area contributed by atoms with Gasteiger partial charge >= 0.3 is 0 Å². The molecule has 0 unspecified atom stereocenters. The second kappa shape index (κ2) is 13.5. The van der Waals surface area contributed by atoms with Crippen molar-refractivity contribution in [2.45, 2.75) is 57.0 Å². The lowest BCUT2D eigenvalue weighted by Crippen LogP contribution is -2.42. The number of aryl methyl sites for hydroxylation is 2. The number of rotatable bonds is 13. The summed E-state index contributed by atoms with van der Waals surface area (Å²) in [4.78, 5) is 35.6. The third-order valence-corrected chi connectivity index (χ3v) is 9.46. The van der Waals surface area contributed by atoms with Gasteiger partial charge in [0, 0.05) is 25.7 Å². The Hall–Kier alpha value is -4.02. The number of aliphatic hydroxyl groups excluding tert-OH is 1. The van der Waals surface area contributed by atoms with E-state index >= 15 is 0 Å². The van der Waals surface area contributed by atoms with Crippen molar-refractivity contribution < 1.29 is 33.4 Å². The minimum Gasteiger partial charge on any atom is -0.493 e. The fourth-order valence-corrected chi connectivity index (χ4v) is 6.89. The first-order valence-corrected chi connectivity index (χ1v) is 15.5. The van der Waals surface area contributed by atoms with E-state index in [4.69, 9.17) is 9.72 Å². The van der Waals surface area contributed by atoms with E-state index in [9.17, 15) is 33.6 Å². The van der Waals surface area contributed by atoms with E-state index in [0.717, 1.165) is 12.0 Å². The number of aromatic amines is 1. The Labute approximate surface area is 247 Å². The summed E-state index contributed by atoms with van der Waals surface area (Å²) < 4.78 is 36.2. The topological polar surface area (TPSA) is 202 Å². The van der Waals surface area contributed by atoms with Crippen LogP contribution in [0.5, 0.6) is 5.75 Å². The van der Waals surface area contributed by atoms with Gasteiger partial charge in [-0.15, -0.1) is 10.1 Å². The molecule has 0 aliphatic carbocycles. The van der Waals surface area contributed by atoms with E-state index < -0.39 is 33.4 Å². The van der Waals surface area contributed by atoms with E-state index in [0.29, 0.717) is 54.8 Å². The first kappa shape index (κ1) is 31.9. The summed E-state index contributed by atoms with van der Waals surface area (Å²) in [5, 5.41) is 32.1. The number of aliphatic hydroxyl groups is 1. The van der Waals surface area contributed by atoms with Crippen molar-refractivity contribution in [3.63, 3.8) is 0 Å². The minimum atomic E-state index is -4.00. The molecule has 16 heteroatoms. The molecule has 1 saturated heterocycles. The number of aromatic nitrogens is 3. The maximum absolute atomic E-state index is 13.7. The average molecular weight is 621 g/mol. The lowest BCUT2D eigenvalue weighted by atomic mass is 9.93. The van der Waals surface area contributed by atoms with Gasteiger partial charge in [0.15, 0.2) is 0 Å². The Bertz CT molecular complexity index is 1660. The highest BCUT2D eigenvalue weighted by Gasteiger charge is 2.33. The normalized spacial score (nSPS) is 15.7. The SMILES string of the molecule is CCCOc1ccc(S(=O)(=O)N2CCC([C@@H](O)CO[N+](=O)[O-])CC2)cc1-c1nc2c(CCC)c(/C=N/O)n(C)c2c(=O)[nH]1. The quantitative estimate of drug-likeness (QED) is 0.110. The molecule has 3 N–H and O–H groups in total. The monoisotopic (exact) mass is 620 g/mol. The molecule has 0 spiro atoms. The number of ether oxygens (including phenoxy) is 1. The molecule has 3 aromatic rings. The third kappa shape index (κ3) is 6.65. The molecule has 1 fully saturated rings. The van der Waals surface area contributed by atoms with Crippen LogP contribution < -0.4 is 10.3 Å². The molecule has 0 amide bonds. The highest BCUT2D eigenvalue weighted by atomic mass is 32.2. The second-order valence-electron chi connectivity index (χ2n) is 10.4. The van der Waals surface area contributed by atoms with Crippen LogP contribution in [0.3, 0.4) is 0 Å². The van der Waals surface area contributed by atoms with Gasteiger partial charge < -0.3 is 29.4 Å². The molecular formula is C27H36N6O9S. The average Bonchev–Trinajstić information content (AvgIpc) is 3.25. The van der Waals surface area contributed by atoms with Crippen molar-refractivity contribution in [2.24, 2.45) is 18.1 Å². The maximum Gasteiger partial charge on any atom is 0.294 e. The van der Waals surface area contributed by atoms with Crippen LogP contribution in [0.25, 0.3) is 22.4 Å². The van der Waals surface area contributed by atoms with Gasteiger partial charge in [0.05, 0.1) is 35.1 Å². The molecule has 0 radical (unpaired) electrons. The Morgan fingerprint density at radius 1 is 1.28 bits per heavy atom. The molecule has 0 bridgehead atoms. The molecule has 15 nitrogen and oxygen atoms in total. The van der Waals surface area contributed by atoms with Gasteiger partial charge in [-0.25, -0.2) is 13.4 Å². The summed E-state index contributed by atoms with van der Waals surface area (Å²) >= 11 is 0. The second-order valence-corrected chi connectivity index (χ2v) is 12.3. The summed E-state index contributed by atoms with van der Waals surface area (Å²) in [5.74, 6) is 0.126. The molecule has 43 heavy (non-hydrogen) atoms. The Morgan fingerprint density at radius 2 is 2.00 bits per heavy atom. The third-order valence-electron chi connectivity index (χ3n) is 7.57. The highest BCUT2D eigenvalue weighted by Crippen LogP contribution is 2.34. The lowest BCUT2D eigenvalue weighted by molar-refractivity contribution is -0.759. The zero-order valence-electron chi connectivity index (χ0n) is 24.2. The number of piperidine rings is 1. The van der Waals surface area contributed by atoms with Gasteiger partial charge in [0.1, 0.15) is 29.2 Å². The van der Waals surface area contributed by atoms with Crippen LogP contribution >= 0.6 is 0 Å². The lowest BCUT2D eigenvalue weighted by Gasteiger charge is -2.33. The Morgan fingerprint density at radius 3 is 2.63 bits per heavy atom. The standard InChI is InChI=1S/C27H36N6O9S/c1-4-6-19-21(15-28-36)31(3)25-24(19)29-26(30-27(25)35)20-14-18(7-8-23(20)41-13-5-2)43(39,40)32-11-9-17(10-12-32)22(34)16-42-33(37)38/h7-8,14-15,17,22,34,36H,4-6,9-13,16H2,1-3H3,(H,29,30,35)/b28-15+/t22-/m0/s1. The number of H-pyrrole nitrogens is 1. The van der Waals surface area contributed by atoms with E-state index in [1.165, 1.54) is 28.7 Å². The zero-order valence-corrected chi connectivity index (χ0v) is 25.0. The van der Waals surface area contributed by atoms with Crippen molar-refractivity contribution in [1.82, 2.24) is 18.8 Å². The summed E-state index contributed by atoms with van der Waals surface area (Å²) in [6, 6.07) is 4.40. The van der Waals surface area contributed by atoms with Crippen molar-refractivity contribution in [2.75, 3.05) is 26.3 Å². The Kier molecular flexibility index (Phi) is 10.0. The summed E-state index contributed by atoms with van der Waals surface area (Å²) in [5.41, 5.74) is 1.80. The van der Waals surface area contributed by atoms with Crippen LogP contribution in [0.15, 0.2) is 33.0 Å². The van der Waals surface area contributed by atoms with Crippen LogP contribution in [0.4, 0.5) is 0 Å². The molecule has 1 aliphatic heterocycles. The summed E-state index contributed by atoms with van der Waals surface area (Å²) in [7, 11) is -2.32. The maximum atomic E-state index is 13.7.